The second-order valence-corrected chi connectivity index (χ2v) is 10.7. The predicted octanol–water partition coefficient (Wildman–Crippen LogP) is 4.36. The third-order valence-corrected chi connectivity index (χ3v) is 8.55. The Morgan fingerprint density at radius 3 is 2.64 bits per heavy atom. The lowest BCUT2D eigenvalue weighted by atomic mass is 9.81. The van der Waals surface area contributed by atoms with Crippen molar-refractivity contribution in [2.75, 3.05) is 33.9 Å². The van der Waals surface area contributed by atoms with Gasteiger partial charge in [-0.3, -0.25) is 9.69 Å². The molecule has 2 aromatic heterocycles. The number of allylic oxidation sites excluding steroid dienone is 1. The Balaban J connectivity index is 1.31. The highest BCUT2D eigenvalue weighted by Gasteiger charge is 2.55. The third kappa shape index (κ3) is 4.02. The summed E-state index contributed by atoms with van der Waals surface area (Å²) in [4.78, 5) is 37.7. The van der Waals surface area contributed by atoms with E-state index >= 15 is 0 Å². The molecule has 3 aliphatic heterocycles. The molecule has 2 saturated heterocycles. The second kappa shape index (κ2) is 9.63. The van der Waals surface area contributed by atoms with Gasteiger partial charge in [-0.25, -0.2) is 9.78 Å². The zero-order valence-electron chi connectivity index (χ0n) is 23.0. The summed E-state index contributed by atoms with van der Waals surface area (Å²) in [5.41, 5.74) is 4.00. The standard InChI is InChI=1S/C30H35N5O4/c1-5-35-29(37)34-18-21-16-22(38-3)17-25(39-4)23(21)14-20(2)15-26(34)30(35)9-12-32(13-10-30)28(36)24-19-33-11-7-6-8-27(33)31-24/h6-8,11,15-17,19-20H,5,9-10,12-14,18H2,1-4H3/b26-15-/t20-/m1/s1. The van der Waals surface area contributed by atoms with Crippen molar-refractivity contribution in [1.82, 2.24) is 24.1 Å². The van der Waals surface area contributed by atoms with Crippen molar-refractivity contribution in [2.45, 2.75) is 45.2 Å². The number of pyridine rings is 1. The minimum Gasteiger partial charge on any atom is -0.497 e. The molecule has 1 spiro atoms. The predicted molar refractivity (Wildman–Crippen MR) is 147 cm³/mol. The molecular weight excluding hydrogens is 494 g/mol. The SMILES string of the molecule is CCN1C(=O)N2Cc3cc(OC)cc(OC)c3C[C@@H](C)/C=C\2C12CCN(C(=O)c1cn3ccccc3n1)CC2. The Morgan fingerprint density at radius 1 is 1.15 bits per heavy atom. The van der Waals surface area contributed by atoms with E-state index in [9.17, 15) is 9.59 Å². The number of piperidine rings is 1. The number of carbonyl (C=O) groups excluding carboxylic acids is 2. The summed E-state index contributed by atoms with van der Waals surface area (Å²) in [5.74, 6) is 1.64. The number of likely N-dealkylation sites (tertiary alicyclic amines) is 1. The van der Waals surface area contributed by atoms with E-state index < -0.39 is 5.54 Å². The Kier molecular flexibility index (Phi) is 6.24. The first-order valence-corrected chi connectivity index (χ1v) is 13.7. The number of carbonyl (C=O) groups is 2. The number of hydrogen-bond donors (Lipinski definition) is 0. The fourth-order valence-electron chi connectivity index (χ4n) is 6.63. The van der Waals surface area contributed by atoms with Crippen molar-refractivity contribution >= 4 is 17.6 Å². The van der Waals surface area contributed by atoms with Crippen LogP contribution in [0.1, 0.15) is 48.3 Å². The van der Waals surface area contributed by atoms with Crippen LogP contribution in [0, 0.1) is 5.92 Å². The topological polar surface area (TPSA) is 79.6 Å². The molecule has 6 rings (SSSR count). The number of ether oxygens (including phenoxy) is 2. The van der Waals surface area contributed by atoms with E-state index in [1.807, 2.05) is 62.6 Å². The molecule has 3 amide bonds. The first-order valence-electron chi connectivity index (χ1n) is 13.7. The summed E-state index contributed by atoms with van der Waals surface area (Å²) in [6, 6.07) is 9.69. The van der Waals surface area contributed by atoms with Gasteiger partial charge in [0, 0.05) is 43.8 Å². The van der Waals surface area contributed by atoms with Gasteiger partial charge in [-0.15, -0.1) is 0 Å². The summed E-state index contributed by atoms with van der Waals surface area (Å²) in [6.07, 6.45) is 8.16. The monoisotopic (exact) mass is 529 g/mol. The van der Waals surface area contributed by atoms with Gasteiger partial charge >= 0.3 is 6.03 Å². The zero-order valence-corrected chi connectivity index (χ0v) is 23.0. The maximum Gasteiger partial charge on any atom is 0.325 e. The molecule has 3 aromatic rings. The van der Waals surface area contributed by atoms with Gasteiger partial charge in [-0.05, 0) is 61.4 Å². The molecule has 0 aliphatic carbocycles. The minimum absolute atomic E-state index is 0.0192. The lowest BCUT2D eigenvalue weighted by molar-refractivity contribution is 0.0570. The number of imidazole rings is 1. The molecule has 9 heteroatoms. The highest BCUT2D eigenvalue weighted by atomic mass is 16.5. The summed E-state index contributed by atoms with van der Waals surface area (Å²) < 4.78 is 13.1. The molecule has 39 heavy (non-hydrogen) atoms. The number of amides is 3. The van der Waals surface area contributed by atoms with E-state index in [0.29, 0.717) is 44.7 Å². The van der Waals surface area contributed by atoms with Crippen molar-refractivity contribution < 1.29 is 19.1 Å². The fourth-order valence-corrected chi connectivity index (χ4v) is 6.63. The highest BCUT2D eigenvalue weighted by molar-refractivity contribution is 5.93. The number of nitrogens with zero attached hydrogens (tertiary/aromatic N) is 5. The van der Waals surface area contributed by atoms with Crippen molar-refractivity contribution in [3.8, 4) is 11.5 Å². The molecule has 3 aliphatic rings. The van der Waals surface area contributed by atoms with Crippen molar-refractivity contribution in [2.24, 2.45) is 5.92 Å². The molecule has 1 atom stereocenters. The van der Waals surface area contributed by atoms with Crippen LogP contribution < -0.4 is 9.47 Å². The van der Waals surface area contributed by atoms with Gasteiger partial charge in [0.25, 0.3) is 5.91 Å². The Morgan fingerprint density at radius 2 is 1.95 bits per heavy atom. The maximum absolute atomic E-state index is 13.9. The van der Waals surface area contributed by atoms with Gasteiger partial charge in [0.1, 0.15) is 22.8 Å². The summed E-state index contributed by atoms with van der Waals surface area (Å²) >= 11 is 0. The first kappa shape index (κ1) is 25.3. The average Bonchev–Trinajstić information content (AvgIpc) is 3.46. The van der Waals surface area contributed by atoms with Gasteiger partial charge in [0.2, 0.25) is 0 Å². The molecule has 0 saturated carbocycles. The number of methoxy groups -OCH3 is 2. The van der Waals surface area contributed by atoms with Crippen LogP contribution in [0.2, 0.25) is 0 Å². The number of hydrogen-bond acceptors (Lipinski definition) is 5. The molecule has 2 fully saturated rings. The smallest absolute Gasteiger partial charge is 0.325 e. The minimum atomic E-state index is -0.434. The highest BCUT2D eigenvalue weighted by Crippen LogP contribution is 2.47. The quantitative estimate of drug-likeness (QED) is 0.502. The number of urea groups is 1. The van der Waals surface area contributed by atoms with Crippen molar-refractivity contribution in [3.63, 3.8) is 0 Å². The fraction of sp³-hybridized carbons (Fsp3) is 0.433. The molecule has 9 nitrogen and oxygen atoms in total. The molecule has 0 bridgehead atoms. The molecule has 1 aromatic carbocycles. The zero-order chi connectivity index (χ0) is 27.3. The normalized spacial score (nSPS) is 21.7. The Bertz CT molecular complexity index is 1440. The van der Waals surface area contributed by atoms with Crippen LogP contribution in [0.15, 0.2) is 54.5 Å². The Labute approximate surface area is 228 Å². The maximum atomic E-state index is 13.9. The van der Waals surface area contributed by atoms with E-state index in [-0.39, 0.29) is 17.9 Å². The van der Waals surface area contributed by atoms with E-state index in [1.165, 1.54) is 0 Å². The largest absolute Gasteiger partial charge is 0.497 e. The van der Waals surface area contributed by atoms with Crippen LogP contribution in [0.4, 0.5) is 4.79 Å². The van der Waals surface area contributed by atoms with Crippen LogP contribution in [0.3, 0.4) is 0 Å². The van der Waals surface area contributed by atoms with Gasteiger partial charge in [-0.2, -0.15) is 0 Å². The number of rotatable bonds is 4. The lowest BCUT2D eigenvalue weighted by Crippen LogP contribution is -2.54. The molecule has 0 radical (unpaired) electrons. The van der Waals surface area contributed by atoms with Crippen LogP contribution in [0.25, 0.3) is 5.65 Å². The van der Waals surface area contributed by atoms with Crippen LogP contribution >= 0.6 is 0 Å². The summed E-state index contributed by atoms with van der Waals surface area (Å²) in [7, 11) is 3.32. The van der Waals surface area contributed by atoms with Crippen LogP contribution in [-0.4, -0.2) is 75.4 Å². The van der Waals surface area contributed by atoms with E-state index in [1.54, 1.807) is 20.4 Å². The summed E-state index contributed by atoms with van der Waals surface area (Å²) in [5, 5.41) is 0. The number of benzene rings is 1. The Hall–Kier alpha value is -4.01. The van der Waals surface area contributed by atoms with E-state index in [4.69, 9.17) is 9.47 Å². The molecular formula is C30H35N5O4. The lowest BCUT2D eigenvalue weighted by Gasteiger charge is -2.44. The number of fused-ring (bicyclic) bond motifs is 4. The van der Waals surface area contributed by atoms with E-state index in [0.717, 1.165) is 40.4 Å². The van der Waals surface area contributed by atoms with Gasteiger partial charge in [0.05, 0.1) is 26.3 Å². The van der Waals surface area contributed by atoms with Gasteiger partial charge < -0.3 is 23.7 Å². The van der Waals surface area contributed by atoms with Crippen molar-refractivity contribution in [1.29, 1.82) is 0 Å². The van der Waals surface area contributed by atoms with Crippen LogP contribution in [-0.2, 0) is 13.0 Å². The average molecular weight is 530 g/mol. The number of likely N-dealkylation sites (N-methyl/N-ethyl adjacent to an activating group) is 1. The van der Waals surface area contributed by atoms with Gasteiger partial charge in [-0.1, -0.05) is 19.1 Å². The van der Waals surface area contributed by atoms with E-state index in [2.05, 4.69) is 18.0 Å². The molecule has 0 N–H and O–H groups in total. The molecule has 0 unspecified atom stereocenters. The number of aromatic nitrogens is 2. The molecule has 204 valence electrons. The summed E-state index contributed by atoms with van der Waals surface area (Å²) in [6.45, 7) is 6.43. The van der Waals surface area contributed by atoms with Crippen molar-refractivity contribution in [3.05, 3.63) is 71.3 Å². The second-order valence-electron chi connectivity index (χ2n) is 10.7. The van der Waals surface area contributed by atoms with Crippen LogP contribution in [0.5, 0.6) is 11.5 Å². The van der Waals surface area contributed by atoms with Gasteiger partial charge in [0.15, 0.2) is 0 Å². The first-order chi connectivity index (χ1) is 18.9. The molecule has 5 heterocycles. The third-order valence-electron chi connectivity index (χ3n) is 8.55.